The molecule has 1 atom stereocenters. The van der Waals surface area contributed by atoms with Crippen molar-refractivity contribution in [3.8, 4) is 0 Å². The molecule has 1 unspecified atom stereocenters. The summed E-state index contributed by atoms with van der Waals surface area (Å²) in [5.41, 5.74) is 1.41. The summed E-state index contributed by atoms with van der Waals surface area (Å²) in [4.78, 5) is 0. The van der Waals surface area contributed by atoms with Crippen molar-refractivity contribution in [1.82, 2.24) is 5.32 Å². The fourth-order valence-electron chi connectivity index (χ4n) is 1.54. The van der Waals surface area contributed by atoms with Gasteiger partial charge in [-0.1, -0.05) is 44.2 Å². The van der Waals surface area contributed by atoms with Gasteiger partial charge in [0.1, 0.15) is 0 Å². The van der Waals surface area contributed by atoms with Gasteiger partial charge < -0.3 is 5.32 Å². The average Bonchev–Trinajstić information content (AvgIpc) is 2.29. The van der Waals surface area contributed by atoms with E-state index in [-0.39, 0.29) is 5.38 Å². The van der Waals surface area contributed by atoms with E-state index in [9.17, 15) is 0 Å². The molecule has 1 N–H and O–H groups in total. The Labute approximate surface area is 104 Å². The molecule has 1 rings (SSSR count). The van der Waals surface area contributed by atoms with Crippen LogP contribution in [0.4, 0.5) is 0 Å². The number of halogens is 1. The number of nitrogens with one attached hydrogen (secondary N) is 1. The van der Waals surface area contributed by atoms with E-state index < -0.39 is 0 Å². The van der Waals surface area contributed by atoms with Gasteiger partial charge in [0, 0.05) is 11.9 Å². The third-order valence-electron chi connectivity index (χ3n) is 2.72. The van der Waals surface area contributed by atoms with Gasteiger partial charge >= 0.3 is 0 Å². The largest absolute Gasteiger partial charge is 0.315 e. The van der Waals surface area contributed by atoms with Crippen molar-refractivity contribution in [2.45, 2.75) is 32.1 Å². The molecule has 0 saturated heterocycles. The predicted molar refractivity (Wildman–Crippen MR) is 72.1 cm³/mol. The first-order valence-corrected chi connectivity index (χ1v) is 6.52. The van der Waals surface area contributed by atoms with Crippen LogP contribution in [0, 0.1) is 5.92 Å². The van der Waals surface area contributed by atoms with Gasteiger partial charge in [-0.2, -0.15) is 0 Å². The molecule has 0 aliphatic carbocycles. The summed E-state index contributed by atoms with van der Waals surface area (Å²) in [7, 11) is 0. The smallest absolute Gasteiger partial charge is 0.0483 e. The highest BCUT2D eigenvalue weighted by Crippen LogP contribution is 2.07. The van der Waals surface area contributed by atoms with Crippen molar-refractivity contribution in [3.63, 3.8) is 0 Å². The molecule has 0 aliphatic heterocycles. The molecule has 0 spiro atoms. The van der Waals surface area contributed by atoms with Gasteiger partial charge in [-0.25, -0.2) is 0 Å². The maximum atomic E-state index is 6.15. The zero-order chi connectivity index (χ0) is 11.8. The molecular weight excluding hydrogens is 218 g/mol. The van der Waals surface area contributed by atoms with E-state index in [0.29, 0.717) is 5.92 Å². The molecule has 1 aromatic carbocycles. The van der Waals surface area contributed by atoms with E-state index in [2.05, 4.69) is 49.5 Å². The lowest BCUT2D eigenvalue weighted by atomic mass is 10.1. The molecule has 1 nitrogen and oxygen atoms in total. The first-order valence-electron chi connectivity index (χ1n) is 6.09. The van der Waals surface area contributed by atoms with Crippen molar-refractivity contribution >= 4 is 11.6 Å². The number of rotatable bonds is 7. The third kappa shape index (κ3) is 5.53. The van der Waals surface area contributed by atoms with Gasteiger partial charge in [-0.15, -0.1) is 11.6 Å². The average molecular weight is 240 g/mol. The van der Waals surface area contributed by atoms with E-state index >= 15 is 0 Å². The zero-order valence-corrected chi connectivity index (χ0v) is 11.0. The summed E-state index contributed by atoms with van der Waals surface area (Å²) in [5, 5.41) is 3.65. The topological polar surface area (TPSA) is 12.0 Å². The summed E-state index contributed by atoms with van der Waals surface area (Å²) < 4.78 is 0. The van der Waals surface area contributed by atoms with Crippen LogP contribution >= 0.6 is 11.6 Å². The van der Waals surface area contributed by atoms with Gasteiger partial charge in [0.2, 0.25) is 0 Å². The van der Waals surface area contributed by atoms with Crippen LogP contribution < -0.4 is 5.32 Å². The third-order valence-corrected chi connectivity index (χ3v) is 3.38. The van der Waals surface area contributed by atoms with Crippen LogP contribution in [0.15, 0.2) is 30.3 Å². The summed E-state index contributed by atoms with van der Waals surface area (Å²) in [5.74, 6) is 0.545. The van der Waals surface area contributed by atoms with Crippen LogP contribution in [0.3, 0.4) is 0 Å². The molecule has 0 heterocycles. The monoisotopic (exact) mass is 239 g/mol. The Hall–Kier alpha value is -0.530. The summed E-state index contributed by atoms with van der Waals surface area (Å²) in [6.07, 6.45) is 2.31. The van der Waals surface area contributed by atoms with E-state index in [0.717, 1.165) is 19.5 Å². The first-order chi connectivity index (χ1) is 7.70. The number of aryl methyl sites for hydroxylation is 1. The van der Waals surface area contributed by atoms with Crippen molar-refractivity contribution < 1.29 is 0 Å². The first kappa shape index (κ1) is 13.5. The Morgan fingerprint density at radius 2 is 1.88 bits per heavy atom. The molecule has 0 radical (unpaired) electrons. The molecule has 2 heteroatoms. The van der Waals surface area contributed by atoms with Crippen molar-refractivity contribution in [2.75, 3.05) is 13.1 Å². The van der Waals surface area contributed by atoms with E-state index in [1.54, 1.807) is 0 Å². The van der Waals surface area contributed by atoms with Gasteiger partial charge in [0.15, 0.2) is 0 Å². The normalized spacial score (nSPS) is 13.0. The maximum absolute atomic E-state index is 6.15. The number of alkyl halides is 1. The molecule has 0 aliphatic rings. The molecule has 0 saturated carbocycles. The second kappa shape index (κ2) is 7.70. The Kier molecular flexibility index (Phi) is 6.51. The zero-order valence-electron chi connectivity index (χ0n) is 10.2. The Balaban J connectivity index is 2.04. The number of benzene rings is 1. The minimum Gasteiger partial charge on any atom is -0.315 e. The lowest BCUT2D eigenvalue weighted by molar-refractivity contribution is 0.540. The van der Waals surface area contributed by atoms with Crippen molar-refractivity contribution in [1.29, 1.82) is 0 Å². The van der Waals surface area contributed by atoms with Gasteiger partial charge in [0.25, 0.3) is 0 Å². The summed E-state index contributed by atoms with van der Waals surface area (Å²) >= 11 is 6.15. The van der Waals surface area contributed by atoms with E-state index in [1.165, 1.54) is 12.0 Å². The highest BCUT2D eigenvalue weighted by Gasteiger charge is 2.07. The quantitative estimate of drug-likeness (QED) is 0.568. The Morgan fingerprint density at radius 3 is 2.50 bits per heavy atom. The molecular formula is C14H22ClN. The number of hydrogen-bond donors (Lipinski definition) is 1. The lowest BCUT2D eigenvalue weighted by Gasteiger charge is -2.13. The van der Waals surface area contributed by atoms with Crippen LogP contribution in [0.1, 0.15) is 25.8 Å². The van der Waals surface area contributed by atoms with Crippen molar-refractivity contribution in [2.24, 2.45) is 5.92 Å². The molecule has 0 bridgehead atoms. The predicted octanol–water partition coefficient (Wildman–Crippen LogP) is 3.47. The molecule has 1 aromatic rings. The van der Waals surface area contributed by atoms with Crippen LogP contribution in [-0.4, -0.2) is 18.5 Å². The lowest BCUT2D eigenvalue weighted by Crippen LogP contribution is -2.27. The highest BCUT2D eigenvalue weighted by atomic mass is 35.5. The van der Waals surface area contributed by atoms with Crippen LogP contribution in [-0.2, 0) is 6.42 Å². The van der Waals surface area contributed by atoms with Crippen LogP contribution in [0.25, 0.3) is 0 Å². The second-order valence-corrected chi connectivity index (χ2v) is 5.11. The molecule has 16 heavy (non-hydrogen) atoms. The molecule has 90 valence electrons. The maximum Gasteiger partial charge on any atom is 0.0483 e. The fraction of sp³-hybridized carbons (Fsp3) is 0.571. The second-order valence-electron chi connectivity index (χ2n) is 4.55. The highest BCUT2D eigenvalue weighted by molar-refractivity contribution is 6.20. The fourth-order valence-corrected chi connectivity index (χ4v) is 1.65. The molecule has 0 fully saturated rings. The Morgan fingerprint density at radius 1 is 1.19 bits per heavy atom. The van der Waals surface area contributed by atoms with Crippen molar-refractivity contribution in [3.05, 3.63) is 35.9 Å². The minimum absolute atomic E-state index is 0.247. The van der Waals surface area contributed by atoms with Crippen LogP contribution in [0.2, 0.25) is 0 Å². The van der Waals surface area contributed by atoms with E-state index in [4.69, 9.17) is 11.6 Å². The summed E-state index contributed by atoms with van der Waals surface area (Å²) in [6, 6.07) is 10.6. The van der Waals surface area contributed by atoms with Gasteiger partial charge in [-0.05, 0) is 30.9 Å². The SMILES string of the molecule is CC(C)C(Cl)CNCCCc1ccccc1. The summed E-state index contributed by atoms with van der Waals surface area (Å²) in [6.45, 7) is 6.27. The minimum atomic E-state index is 0.247. The van der Waals surface area contributed by atoms with Gasteiger partial charge in [-0.3, -0.25) is 0 Å². The van der Waals surface area contributed by atoms with Crippen LogP contribution in [0.5, 0.6) is 0 Å². The molecule has 0 aromatic heterocycles. The van der Waals surface area contributed by atoms with E-state index in [1.807, 2.05) is 0 Å². The molecule has 0 amide bonds. The van der Waals surface area contributed by atoms with Gasteiger partial charge in [0.05, 0.1) is 0 Å². The number of hydrogen-bond acceptors (Lipinski definition) is 1. The Bertz CT molecular complexity index is 271. The standard InChI is InChI=1S/C14H22ClN/c1-12(2)14(15)11-16-10-6-9-13-7-4-3-5-8-13/h3-5,7-8,12,14,16H,6,9-11H2,1-2H3.